The molecular weight excluding hydrogens is 230 g/mol. The van der Waals surface area contributed by atoms with E-state index in [0.717, 1.165) is 12.5 Å². The van der Waals surface area contributed by atoms with E-state index in [9.17, 15) is 0 Å². The van der Waals surface area contributed by atoms with Crippen molar-refractivity contribution in [2.75, 3.05) is 6.54 Å². The van der Waals surface area contributed by atoms with Gasteiger partial charge in [0.25, 0.3) is 0 Å². The van der Waals surface area contributed by atoms with Gasteiger partial charge in [-0.3, -0.25) is 0 Å². The Morgan fingerprint density at radius 3 is 2.26 bits per heavy atom. The molecule has 0 radical (unpaired) electrons. The number of rotatable bonds is 7. The Balaban J connectivity index is 2.16. The summed E-state index contributed by atoms with van der Waals surface area (Å²) in [6.45, 7) is 7.98. The van der Waals surface area contributed by atoms with E-state index in [4.69, 9.17) is 0 Å². The predicted molar refractivity (Wildman–Crippen MR) is 83.5 cm³/mol. The molecule has 0 saturated heterocycles. The number of nitrogens with one attached hydrogen (secondary N) is 1. The van der Waals surface area contributed by atoms with Crippen molar-refractivity contribution in [3.8, 4) is 0 Å². The van der Waals surface area contributed by atoms with Crippen LogP contribution in [-0.2, 0) is 5.41 Å². The Morgan fingerprint density at radius 1 is 1.11 bits per heavy atom. The van der Waals surface area contributed by atoms with Crippen molar-refractivity contribution in [1.82, 2.24) is 5.32 Å². The summed E-state index contributed by atoms with van der Waals surface area (Å²) in [4.78, 5) is 0. The zero-order valence-electron chi connectivity index (χ0n) is 12.8. The van der Waals surface area contributed by atoms with Crippen LogP contribution in [0.5, 0.6) is 0 Å². The number of hydrogen-bond donors (Lipinski definition) is 1. The first-order valence-corrected chi connectivity index (χ1v) is 7.98. The van der Waals surface area contributed by atoms with Crippen LogP contribution in [-0.4, -0.2) is 12.6 Å². The van der Waals surface area contributed by atoms with Crippen LogP contribution < -0.4 is 5.32 Å². The molecule has 1 aromatic rings. The molecule has 106 valence electrons. The van der Waals surface area contributed by atoms with Crippen LogP contribution in [0.1, 0.15) is 58.4 Å². The van der Waals surface area contributed by atoms with Crippen molar-refractivity contribution < 1.29 is 0 Å². The third-order valence-corrected chi connectivity index (χ3v) is 4.74. The van der Waals surface area contributed by atoms with Gasteiger partial charge in [0.15, 0.2) is 0 Å². The van der Waals surface area contributed by atoms with E-state index in [-0.39, 0.29) is 0 Å². The summed E-state index contributed by atoms with van der Waals surface area (Å²) in [7, 11) is 0. The lowest BCUT2D eigenvalue weighted by atomic mass is 9.59. The van der Waals surface area contributed by atoms with E-state index < -0.39 is 0 Å². The molecule has 1 aliphatic carbocycles. The Morgan fingerprint density at radius 2 is 1.79 bits per heavy atom. The fourth-order valence-corrected chi connectivity index (χ4v) is 3.49. The predicted octanol–water partition coefficient (Wildman–Crippen LogP) is 4.52. The third-order valence-electron chi connectivity index (χ3n) is 4.74. The van der Waals surface area contributed by atoms with E-state index in [2.05, 4.69) is 56.4 Å². The molecule has 1 fully saturated rings. The molecule has 2 rings (SSSR count). The number of likely N-dealkylation sites (N-methyl/N-ethyl adjacent to an activating group) is 1. The molecule has 0 heterocycles. The van der Waals surface area contributed by atoms with Crippen LogP contribution >= 0.6 is 0 Å². The summed E-state index contributed by atoms with van der Waals surface area (Å²) in [5.41, 5.74) is 1.96. The van der Waals surface area contributed by atoms with Crippen molar-refractivity contribution in [2.24, 2.45) is 5.92 Å². The molecule has 1 N–H and O–H groups in total. The molecule has 0 aliphatic heterocycles. The molecule has 0 aromatic heterocycles. The maximum Gasteiger partial charge on any atom is 0.0164 e. The average Bonchev–Trinajstić information content (AvgIpc) is 2.36. The maximum absolute atomic E-state index is 3.78. The van der Waals surface area contributed by atoms with Crippen LogP contribution in [0, 0.1) is 5.92 Å². The summed E-state index contributed by atoms with van der Waals surface area (Å²) in [6, 6.07) is 11.8. The first-order chi connectivity index (χ1) is 9.19. The highest BCUT2D eigenvalue weighted by atomic mass is 14.9. The van der Waals surface area contributed by atoms with Gasteiger partial charge in [-0.25, -0.2) is 0 Å². The van der Waals surface area contributed by atoms with Gasteiger partial charge in [0, 0.05) is 11.5 Å². The molecule has 1 unspecified atom stereocenters. The molecule has 1 aliphatic rings. The standard InChI is InChI=1S/C18H29N/c1-4-19-17(12-11-15(2)3)18(13-8-14-18)16-9-6-5-7-10-16/h5-7,9-10,15,17,19H,4,8,11-14H2,1-3H3. The summed E-state index contributed by atoms with van der Waals surface area (Å²) >= 11 is 0. The molecule has 1 heteroatoms. The van der Waals surface area contributed by atoms with Gasteiger partial charge in [0.05, 0.1) is 0 Å². The second-order valence-corrected chi connectivity index (χ2v) is 6.46. The highest BCUT2D eigenvalue weighted by Crippen LogP contribution is 2.47. The lowest BCUT2D eigenvalue weighted by molar-refractivity contribution is 0.158. The first-order valence-electron chi connectivity index (χ1n) is 7.98. The van der Waals surface area contributed by atoms with Crippen molar-refractivity contribution in [1.29, 1.82) is 0 Å². The van der Waals surface area contributed by atoms with Gasteiger partial charge in [-0.15, -0.1) is 0 Å². The lowest BCUT2D eigenvalue weighted by Crippen LogP contribution is -2.52. The van der Waals surface area contributed by atoms with Crippen molar-refractivity contribution in [3.63, 3.8) is 0 Å². The van der Waals surface area contributed by atoms with Gasteiger partial charge in [0.2, 0.25) is 0 Å². The SMILES string of the molecule is CCNC(CCC(C)C)C1(c2ccccc2)CCC1. The van der Waals surface area contributed by atoms with Gasteiger partial charge in [-0.2, -0.15) is 0 Å². The van der Waals surface area contributed by atoms with Gasteiger partial charge < -0.3 is 5.32 Å². The van der Waals surface area contributed by atoms with Gasteiger partial charge in [-0.05, 0) is 43.7 Å². The molecule has 0 bridgehead atoms. The minimum Gasteiger partial charge on any atom is -0.313 e. The minimum absolute atomic E-state index is 0.409. The zero-order chi connectivity index (χ0) is 13.7. The molecule has 0 spiro atoms. The van der Waals surface area contributed by atoms with E-state index in [1.165, 1.54) is 32.1 Å². The second kappa shape index (κ2) is 6.56. The fraction of sp³-hybridized carbons (Fsp3) is 0.667. The summed E-state index contributed by atoms with van der Waals surface area (Å²) in [5, 5.41) is 3.78. The fourth-order valence-electron chi connectivity index (χ4n) is 3.49. The molecular formula is C18H29N. The normalized spacial score (nSPS) is 19.2. The largest absolute Gasteiger partial charge is 0.313 e. The maximum atomic E-state index is 3.78. The Bertz CT molecular complexity index is 365. The molecule has 1 aromatic carbocycles. The Kier molecular flexibility index (Phi) is 5.04. The van der Waals surface area contributed by atoms with Crippen LogP contribution in [0.2, 0.25) is 0 Å². The van der Waals surface area contributed by atoms with Gasteiger partial charge >= 0.3 is 0 Å². The van der Waals surface area contributed by atoms with E-state index >= 15 is 0 Å². The lowest BCUT2D eigenvalue weighted by Gasteiger charge is -2.49. The second-order valence-electron chi connectivity index (χ2n) is 6.46. The number of hydrogen-bond acceptors (Lipinski definition) is 1. The number of benzene rings is 1. The summed E-state index contributed by atoms with van der Waals surface area (Å²) < 4.78 is 0. The first kappa shape index (κ1) is 14.6. The van der Waals surface area contributed by atoms with Gasteiger partial charge in [-0.1, -0.05) is 57.5 Å². The summed E-state index contributed by atoms with van der Waals surface area (Å²) in [6.07, 6.45) is 6.73. The molecule has 19 heavy (non-hydrogen) atoms. The van der Waals surface area contributed by atoms with Gasteiger partial charge in [0.1, 0.15) is 0 Å². The molecule has 1 nitrogen and oxygen atoms in total. The van der Waals surface area contributed by atoms with Crippen LogP contribution in [0.25, 0.3) is 0 Å². The Hall–Kier alpha value is -0.820. The van der Waals surface area contributed by atoms with E-state index in [1.54, 1.807) is 5.56 Å². The van der Waals surface area contributed by atoms with Crippen LogP contribution in [0.3, 0.4) is 0 Å². The molecule has 1 atom stereocenters. The summed E-state index contributed by atoms with van der Waals surface area (Å²) in [5.74, 6) is 0.800. The van der Waals surface area contributed by atoms with E-state index in [1.807, 2.05) is 0 Å². The quantitative estimate of drug-likeness (QED) is 0.759. The molecule has 1 saturated carbocycles. The average molecular weight is 259 g/mol. The van der Waals surface area contributed by atoms with Crippen LogP contribution in [0.15, 0.2) is 30.3 Å². The van der Waals surface area contributed by atoms with E-state index in [0.29, 0.717) is 11.5 Å². The van der Waals surface area contributed by atoms with Crippen LogP contribution in [0.4, 0.5) is 0 Å². The highest BCUT2D eigenvalue weighted by molar-refractivity contribution is 5.30. The zero-order valence-corrected chi connectivity index (χ0v) is 12.8. The smallest absolute Gasteiger partial charge is 0.0164 e. The third kappa shape index (κ3) is 3.20. The monoisotopic (exact) mass is 259 g/mol. The topological polar surface area (TPSA) is 12.0 Å². The van der Waals surface area contributed by atoms with Crippen molar-refractivity contribution >= 4 is 0 Å². The highest BCUT2D eigenvalue weighted by Gasteiger charge is 2.44. The van der Waals surface area contributed by atoms with Crippen molar-refractivity contribution in [2.45, 2.75) is 64.3 Å². The Labute approximate surface area is 118 Å². The van der Waals surface area contributed by atoms with Crippen molar-refractivity contribution in [3.05, 3.63) is 35.9 Å². The minimum atomic E-state index is 0.409. The molecule has 0 amide bonds.